The van der Waals surface area contributed by atoms with Gasteiger partial charge < -0.3 is 10.2 Å². The van der Waals surface area contributed by atoms with Crippen molar-refractivity contribution in [2.75, 3.05) is 18.9 Å². The molecule has 0 aliphatic carbocycles. The van der Waals surface area contributed by atoms with E-state index in [0.717, 1.165) is 24.4 Å². The van der Waals surface area contributed by atoms with E-state index in [4.69, 9.17) is 0 Å². The van der Waals surface area contributed by atoms with Crippen LogP contribution in [0.5, 0.6) is 0 Å². The van der Waals surface area contributed by atoms with Crippen LogP contribution >= 0.6 is 11.3 Å². The van der Waals surface area contributed by atoms with E-state index in [1.165, 1.54) is 29.0 Å². The number of carbonyl (C=O) groups excluding carboxylic acids is 1. The SMILES string of the molecule is CN1CCC/C1=N\S(=O)(=O)c1cccc(NC(=O)Cc2csc(Cc3ccccc3)n2)c1. The Hall–Kier alpha value is -3.04. The minimum Gasteiger partial charge on any atom is -0.362 e. The summed E-state index contributed by atoms with van der Waals surface area (Å²) in [6, 6.07) is 16.2. The molecule has 0 bridgehead atoms. The number of carbonyl (C=O) groups is 1. The summed E-state index contributed by atoms with van der Waals surface area (Å²) in [5.74, 6) is 0.312. The van der Waals surface area contributed by atoms with Crippen LogP contribution in [-0.4, -0.2) is 43.6 Å². The smallest absolute Gasteiger partial charge is 0.284 e. The minimum atomic E-state index is -3.84. The van der Waals surface area contributed by atoms with Gasteiger partial charge in [-0.25, -0.2) is 4.98 Å². The number of amides is 1. The predicted molar refractivity (Wildman–Crippen MR) is 127 cm³/mol. The fraction of sp³-hybridized carbons (Fsp3) is 0.261. The van der Waals surface area contributed by atoms with Crippen molar-refractivity contribution in [3.05, 3.63) is 76.2 Å². The Kier molecular flexibility index (Phi) is 6.66. The van der Waals surface area contributed by atoms with E-state index < -0.39 is 10.0 Å². The van der Waals surface area contributed by atoms with Gasteiger partial charge >= 0.3 is 0 Å². The third kappa shape index (κ3) is 5.60. The molecule has 1 N–H and O–H groups in total. The van der Waals surface area contributed by atoms with Crippen LogP contribution < -0.4 is 5.32 Å². The highest BCUT2D eigenvalue weighted by molar-refractivity contribution is 7.90. The number of amidine groups is 1. The van der Waals surface area contributed by atoms with Crippen molar-refractivity contribution < 1.29 is 13.2 Å². The molecule has 0 radical (unpaired) electrons. The number of rotatable bonds is 7. The normalized spacial score (nSPS) is 15.3. The van der Waals surface area contributed by atoms with Crippen molar-refractivity contribution in [3.63, 3.8) is 0 Å². The lowest BCUT2D eigenvalue weighted by Crippen LogP contribution is -2.20. The molecule has 32 heavy (non-hydrogen) atoms. The standard InChI is InChI=1S/C23H24N4O3S2/c1-27-12-6-11-21(27)26-32(29,30)20-10-5-9-18(14-20)24-22(28)15-19-16-31-23(25-19)13-17-7-3-2-4-8-17/h2-5,7-10,14,16H,6,11-13,15H2,1H3,(H,24,28)/b26-21+. The van der Waals surface area contributed by atoms with Gasteiger partial charge in [-0.3, -0.25) is 4.79 Å². The number of likely N-dealkylation sites (tertiary alicyclic amines) is 1. The number of hydrogen-bond donors (Lipinski definition) is 1. The van der Waals surface area contributed by atoms with E-state index >= 15 is 0 Å². The first kappa shape index (κ1) is 22.2. The average Bonchev–Trinajstić information content (AvgIpc) is 3.37. The Balaban J connectivity index is 1.40. The van der Waals surface area contributed by atoms with Crippen molar-refractivity contribution >= 4 is 38.8 Å². The van der Waals surface area contributed by atoms with Crippen molar-refractivity contribution in [1.82, 2.24) is 9.88 Å². The molecule has 1 aliphatic rings. The summed E-state index contributed by atoms with van der Waals surface area (Å²) in [4.78, 5) is 19.0. The molecule has 9 heteroatoms. The number of thiazole rings is 1. The van der Waals surface area contributed by atoms with Gasteiger partial charge in [-0.2, -0.15) is 8.42 Å². The molecule has 4 rings (SSSR count). The molecule has 0 atom stereocenters. The molecular weight excluding hydrogens is 444 g/mol. The van der Waals surface area contributed by atoms with Gasteiger partial charge in [-0.1, -0.05) is 36.4 Å². The van der Waals surface area contributed by atoms with Gasteiger partial charge in [-0.05, 0) is 30.2 Å². The fourth-order valence-corrected chi connectivity index (χ4v) is 5.45. The maximum atomic E-state index is 12.7. The Morgan fingerprint density at radius 1 is 1.19 bits per heavy atom. The van der Waals surface area contributed by atoms with Crippen molar-refractivity contribution in [1.29, 1.82) is 0 Å². The lowest BCUT2D eigenvalue weighted by atomic mass is 10.2. The van der Waals surface area contributed by atoms with Crippen LogP contribution in [0.1, 0.15) is 29.1 Å². The molecule has 7 nitrogen and oxygen atoms in total. The Morgan fingerprint density at radius 3 is 2.75 bits per heavy atom. The first-order valence-electron chi connectivity index (χ1n) is 10.3. The van der Waals surface area contributed by atoms with E-state index in [9.17, 15) is 13.2 Å². The van der Waals surface area contributed by atoms with Crippen molar-refractivity contribution in [3.8, 4) is 0 Å². The van der Waals surface area contributed by atoms with Gasteiger partial charge in [0.2, 0.25) is 5.91 Å². The van der Waals surface area contributed by atoms with Gasteiger partial charge in [0.25, 0.3) is 10.0 Å². The Bertz CT molecular complexity index is 1240. The summed E-state index contributed by atoms with van der Waals surface area (Å²) in [6.45, 7) is 0.800. The number of aromatic nitrogens is 1. The molecular formula is C23H24N4O3S2. The van der Waals surface area contributed by atoms with Crippen LogP contribution in [0.15, 0.2) is 69.3 Å². The number of sulfonamides is 1. The maximum absolute atomic E-state index is 12.7. The van der Waals surface area contributed by atoms with Gasteiger partial charge in [0, 0.05) is 37.5 Å². The van der Waals surface area contributed by atoms with Gasteiger partial charge in [0.15, 0.2) is 0 Å². The van der Waals surface area contributed by atoms with Crippen molar-refractivity contribution in [2.24, 2.45) is 4.40 Å². The van der Waals surface area contributed by atoms with Gasteiger partial charge in [-0.15, -0.1) is 15.7 Å². The molecule has 1 saturated heterocycles. The largest absolute Gasteiger partial charge is 0.362 e. The van der Waals surface area contributed by atoms with E-state index in [1.54, 1.807) is 12.1 Å². The summed E-state index contributed by atoms with van der Waals surface area (Å²) >= 11 is 1.52. The van der Waals surface area contributed by atoms with Crippen LogP contribution in [0.2, 0.25) is 0 Å². The first-order chi connectivity index (χ1) is 15.4. The lowest BCUT2D eigenvalue weighted by molar-refractivity contribution is -0.115. The predicted octanol–water partition coefficient (Wildman–Crippen LogP) is 3.73. The summed E-state index contributed by atoms with van der Waals surface area (Å²) in [6.07, 6.45) is 2.39. The van der Waals surface area contributed by atoms with E-state index in [1.807, 2.05) is 47.7 Å². The second-order valence-corrected chi connectivity index (χ2v) is 10.2. The van der Waals surface area contributed by atoms with Crippen LogP contribution in [0.25, 0.3) is 0 Å². The van der Waals surface area contributed by atoms with Crippen LogP contribution in [0.4, 0.5) is 5.69 Å². The van der Waals surface area contributed by atoms with E-state index in [-0.39, 0.29) is 17.2 Å². The third-order valence-corrected chi connectivity index (χ3v) is 7.31. The molecule has 1 aliphatic heterocycles. The summed E-state index contributed by atoms with van der Waals surface area (Å²) in [7, 11) is -2.00. The van der Waals surface area contributed by atoms with Crippen LogP contribution in [0.3, 0.4) is 0 Å². The molecule has 0 unspecified atom stereocenters. The quantitative estimate of drug-likeness (QED) is 0.571. The van der Waals surface area contributed by atoms with E-state index in [0.29, 0.717) is 23.6 Å². The summed E-state index contributed by atoms with van der Waals surface area (Å²) in [5, 5.41) is 5.60. The molecule has 1 amide bonds. The molecule has 2 heterocycles. The highest BCUT2D eigenvalue weighted by Crippen LogP contribution is 2.21. The van der Waals surface area contributed by atoms with Crippen LogP contribution in [0, 0.1) is 0 Å². The second-order valence-electron chi connectivity index (χ2n) is 7.66. The Morgan fingerprint density at radius 2 is 2.00 bits per heavy atom. The molecule has 2 aromatic carbocycles. The average molecular weight is 469 g/mol. The zero-order chi connectivity index (χ0) is 22.6. The van der Waals surface area contributed by atoms with Crippen molar-refractivity contribution in [2.45, 2.75) is 30.6 Å². The highest BCUT2D eigenvalue weighted by Gasteiger charge is 2.20. The zero-order valence-electron chi connectivity index (χ0n) is 17.7. The third-order valence-electron chi connectivity index (χ3n) is 5.11. The maximum Gasteiger partial charge on any atom is 0.284 e. The second kappa shape index (κ2) is 9.62. The summed E-state index contributed by atoms with van der Waals surface area (Å²) in [5.41, 5.74) is 2.27. The highest BCUT2D eigenvalue weighted by atomic mass is 32.2. The number of anilines is 1. The molecule has 166 valence electrons. The molecule has 1 aromatic heterocycles. The summed E-state index contributed by atoms with van der Waals surface area (Å²) < 4.78 is 29.3. The number of nitrogens with zero attached hydrogens (tertiary/aromatic N) is 3. The van der Waals surface area contributed by atoms with E-state index in [2.05, 4.69) is 14.7 Å². The lowest BCUT2D eigenvalue weighted by Gasteiger charge is -2.11. The monoisotopic (exact) mass is 468 g/mol. The number of benzene rings is 2. The number of hydrogen-bond acceptors (Lipinski definition) is 5. The molecule has 0 spiro atoms. The molecule has 1 fully saturated rings. The fourth-order valence-electron chi connectivity index (χ4n) is 3.49. The Labute approximate surface area is 191 Å². The van der Waals surface area contributed by atoms with Gasteiger partial charge in [0.05, 0.1) is 22.0 Å². The number of nitrogens with one attached hydrogen (secondary N) is 1. The molecule has 0 saturated carbocycles. The minimum absolute atomic E-state index is 0.0573. The first-order valence-corrected chi connectivity index (χ1v) is 12.6. The topological polar surface area (TPSA) is 91.7 Å². The zero-order valence-corrected chi connectivity index (χ0v) is 19.3. The molecule has 3 aromatic rings. The van der Waals surface area contributed by atoms with Crippen LogP contribution in [-0.2, 0) is 27.7 Å². The van der Waals surface area contributed by atoms with Gasteiger partial charge in [0.1, 0.15) is 5.84 Å².